The number of rotatable bonds is 4. The molecule has 1 aromatic heterocycles. The summed E-state index contributed by atoms with van der Waals surface area (Å²) in [7, 11) is -4.03. The maximum absolute atomic E-state index is 12.5. The highest BCUT2D eigenvalue weighted by molar-refractivity contribution is 7.92. The number of hydrogen-bond donors (Lipinski definition) is 1. The number of nitrogens with one attached hydrogen (secondary N) is 1. The summed E-state index contributed by atoms with van der Waals surface area (Å²) in [5.41, 5.74) is -0.916. The van der Waals surface area contributed by atoms with Crippen molar-refractivity contribution in [2.45, 2.75) is 30.8 Å². The van der Waals surface area contributed by atoms with Gasteiger partial charge >= 0.3 is 6.18 Å². The fraction of sp³-hybridized carbons (Fsp3) is 0.286. The van der Waals surface area contributed by atoms with E-state index in [1.807, 2.05) is 13.8 Å². The lowest BCUT2D eigenvalue weighted by Crippen LogP contribution is -2.15. The van der Waals surface area contributed by atoms with Crippen LogP contribution in [0.15, 0.2) is 41.4 Å². The van der Waals surface area contributed by atoms with E-state index in [1.54, 1.807) is 0 Å². The van der Waals surface area contributed by atoms with Crippen LogP contribution in [0, 0.1) is 0 Å². The van der Waals surface area contributed by atoms with E-state index < -0.39 is 21.8 Å². The molecule has 0 atom stereocenters. The van der Waals surface area contributed by atoms with Gasteiger partial charge in [0.1, 0.15) is 11.6 Å². The molecule has 0 saturated carbocycles. The molecule has 0 amide bonds. The molecule has 1 heterocycles. The van der Waals surface area contributed by atoms with Crippen LogP contribution in [0.3, 0.4) is 0 Å². The number of halogens is 3. The summed E-state index contributed by atoms with van der Waals surface area (Å²) in [6.45, 7) is 3.70. The van der Waals surface area contributed by atoms with Gasteiger partial charge in [-0.05, 0) is 30.3 Å². The predicted octanol–water partition coefficient (Wildman–Crippen LogP) is 3.42. The Morgan fingerprint density at radius 1 is 1.09 bits per heavy atom. The first-order valence-electron chi connectivity index (χ1n) is 6.62. The number of anilines is 1. The zero-order chi connectivity index (χ0) is 17.3. The Bertz CT molecular complexity index is 788. The summed E-state index contributed by atoms with van der Waals surface area (Å²) in [5.74, 6) is 0.520. The van der Waals surface area contributed by atoms with E-state index in [0.717, 1.165) is 12.1 Å². The molecule has 0 radical (unpaired) electrons. The summed E-state index contributed by atoms with van der Waals surface area (Å²) in [4.78, 5) is 7.79. The van der Waals surface area contributed by atoms with Crippen LogP contribution >= 0.6 is 0 Å². The van der Waals surface area contributed by atoms with E-state index in [4.69, 9.17) is 0 Å². The summed E-state index contributed by atoms with van der Waals surface area (Å²) < 4.78 is 64.1. The number of alkyl halides is 3. The number of hydrogen-bond acceptors (Lipinski definition) is 4. The maximum atomic E-state index is 12.5. The van der Waals surface area contributed by atoms with Gasteiger partial charge in [-0.25, -0.2) is 18.4 Å². The average Bonchev–Trinajstić information content (AvgIpc) is 2.46. The van der Waals surface area contributed by atoms with E-state index in [0.29, 0.717) is 18.0 Å². The first-order chi connectivity index (χ1) is 10.6. The zero-order valence-corrected chi connectivity index (χ0v) is 13.1. The molecule has 1 aromatic carbocycles. The van der Waals surface area contributed by atoms with Gasteiger partial charge in [0.15, 0.2) is 0 Å². The molecule has 0 aliphatic carbocycles. The molecular formula is C14H14F3N3O2S. The van der Waals surface area contributed by atoms with Crippen molar-refractivity contribution in [1.29, 1.82) is 0 Å². The van der Waals surface area contributed by atoms with E-state index in [9.17, 15) is 21.6 Å². The quantitative estimate of drug-likeness (QED) is 0.922. The van der Waals surface area contributed by atoms with Crippen molar-refractivity contribution < 1.29 is 21.6 Å². The monoisotopic (exact) mass is 345 g/mol. The summed E-state index contributed by atoms with van der Waals surface area (Å²) in [6.07, 6.45) is -3.11. The van der Waals surface area contributed by atoms with E-state index in [-0.39, 0.29) is 16.6 Å². The van der Waals surface area contributed by atoms with Gasteiger partial charge in [-0.2, -0.15) is 13.2 Å². The molecule has 0 fully saturated rings. The highest BCUT2D eigenvalue weighted by atomic mass is 32.2. The van der Waals surface area contributed by atoms with Crippen molar-refractivity contribution in [3.8, 4) is 0 Å². The first-order valence-corrected chi connectivity index (χ1v) is 8.11. The molecule has 0 saturated heterocycles. The summed E-state index contributed by atoms with van der Waals surface area (Å²) in [5, 5.41) is 0. The molecule has 1 N–H and O–H groups in total. The lowest BCUT2D eigenvalue weighted by atomic mass is 10.2. The van der Waals surface area contributed by atoms with Crippen LogP contribution in [0.25, 0.3) is 0 Å². The topological polar surface area (TPSA) is 72.0 Å². The Morgan fingerprint density at radius 2 is 1.70 bits per heavy atom. The van der Waals surface area contributed by atoms with E-state index in [1.165, 1.54) is 12.3 Å². The van der Waals surface area contributed by atoms with Gasteiger partial charge in [0.2, 0.25) is 0 Å². The normalized spacial score (nSPS) is 12.4. The van der Waals surface area contributed by atoms with Crippen molar-refractivity contribution in [2.24, 2.45) is 0 Å². The molecule has 5 nitrogen and oxygen atoms in total. The van der Waals surface area contributed by atoms with Gasteiger partial charge in [0.05, 0.1) is 10.5 Å². The van der Waals surface area contributed by atoms with Gasteiger partial charge in [0, 0.05) is 12.1 Å². The van der Waals surface area contributed by atoms with Gasteiger partial charge in [-0.3, -0.25) is 4.72 Å². The molecule has 2 aromatic rings. The fourth-order valence-corrected chi connectivity index (χ4v) is 2.73. The van der Waals surface area contributed by atoms with Gasteiger partial charge in [-0.1, -0.05) is 13.8 Å². The lowest BCUT2D eigenvalue weighted by molar-refractivity contribution is -0.137. The molecule has 0 aliphatic heterocycles. The molecule has 0 bridgehead atoms. The molecule has 9 heteroatoms. The van der Waals surface area contributed by atoms with E-state index >= 15 is 0 Å². The third kappa shape index (κ3) is 4.19. The molecule has 2 rings (SSSR count). The van der Waals surface area contributed by atoms with Gasteiger partial charge < -0.3 is 0 Å². The predicted molar refractivity (Wildman–Crippen MR) is 78.4 cm³/mol. The Morgan fingerprint density at radius 3 is 2.22 bits per heavy atom. The number of benzene rings is 1. The smallest absolute Gasteiger partial charge is 0.263 e. The highest BCUT2D eigenvalue weighted by Gasteiger charge is 2.30. The van der Waals surface area contributed by atoms with Crippen molar-refractivity contribution in [2.75, 3.05) is 4.72 Å². The molecule has 23 heavy (non-hydrogen) atoms. The summed E-state index contributed by atoms with van der Waals surface area (Å²) in [6, 6.07) is 4.60. The number of aromatic nitrogens is 2. The molecular weight excluding hydrogens is 331 g/mol. The SMILES string of the molecule is CC(C)c1nccc(NS(=O)(=O)c2ccc(C(F)(F)F)cc2)n1. The minimum Gasteiger partial charge on any atom is -0.263 e. The first kappa shape index (κ1) is 17.2. The van der Waals surface area contributed by atoms with Crippen molar-refractivity contribution in [3.63, 3.8) is 0 Å². The summed E-state index contributed by atoms with van der Waals surface area (Å²) >= 11 is 0. The van der Waals surface area contributed by atoms with Crippen LogP contribution < -0.4 is 4.72 Å². The second kappa shape index (κ2) is 6.15. The Labute approximate surface area is 131 Å². The number of nitrogens with zero attached hydrogens (tertiary/aromatic N) is 2. The van der Waals surface area contributed by atoms with Crippen LogP contribution in [-0.4, -0.2) is 18.4 Å². The maximum Gasteiger partial charge on any atom is 0.416 e. The molecule has 0 unspecified atom stereocenters. The Balaban J connectivity index is 2.27. The van der Waals surface area contributed by atoms with Crippen LogP contribution in [0.5, 0.6) is 0 Å². The van der Waals surface area contributed by atoms with Crippen molar-refractivity contribution in [1.82, 2.24) is 9.97 Å². The van der Waals surface area contributed by atoms with Crippen LogP contribution in [0.1, 0.15) is 31.2 Å². The minimum absolute atomic E-state index is 0.00511. The Kier molecular flexibility index (Phi) is 4.60. The number of sulfonamides is 1. The van der Waals surface area contributed by atoms with Crippen LogP contribution in [0.4, 0.5) is 19.0 Å². The standard InChI is InChI=1S/C14H14F3N3O2S/c1-9(2)13-18-8-7-12(19-13)20-23(21,22)11-5-3-10(4-6-11)14(15,16)17/h3-9H,1-2H3,(H,18,19,20). The fourth-order valence-electron chi connectivity index (χ4n) is 1.73. The highest BCUT2D eigenvalue weighted by Crippen LogP contribution is 2.30. The van der Waals surface area contributed by atoms with Gasteiger partial charge in [0.25, 0.3) is 10.0 Å². The van der Waals surface area contributed by atoms with Crippen LogP contribution in [-0.2, 0) is 16.2 Å². The van der Waals surface area contributed by atoms with Gasteiger partial charge in [-0.15, -0.1) is 0 Å². The second-order valence-electron chi connectivity index (χ2n) is 5.08. The second-order valence-corrected chi connectivity index (χ2v) is 6.76. The molecule has 124 valence electrons. The third-order valence-corrected chi connectivity index (χ3v) is 4.29. The van der Waals surface area contributed by atoms with Crippen molar-refractivity contribution >= 4 is 15.8 Å². The largest absolute Gasteiger partial charge is 0.416 e. The average molecular weight is 345 g/mol. The zero-order valence-electron chi connectivity index (χ0n) is 12.3. The third-order valence-electron chi connectivity index (χ3n) is 2.92. The van der Waals surface area contributed by atoms with E-state index in [2.05, 4.69) is 14.7 Å². The molecule has 0 aliphatic rings. The van der Waals surface area contributed by atoms with Crippen LogP contribution in [0.2, 0.25) is 0 Å². The Hall–Kier alpha value is -2.16. The lowest BCUT2D eigenvalue weighted by Gasteiger charge is -2.11. The minimum atomic E-state index is -4.52. The molecule has 0 spiro atoms. The van der Waals surface area contributed by atoms with Crippen molar-refractivity contribution in [3.05, 3.63) is 47.9 Å².